The third kappa shape index (κ3) is 19.4. The number of ether oxygens (including phenoxy) is 4. The zero-order valence-corrected chi connectivity index (χ0v) is 58.5. The van der Waals surface area contributed by atoms with Gasteiger partial charge in [0.15, 0.2) is 0 Å². The molecule has 7 heterocycles. The summed E-state index contributed by atoms with van der Waals surface area (Å²) in [6, 6.07) is 18.6. The summed E-state index contributed by atoms with van der Waals surface area (Å²) in [5.74, 6) is -0.990. The van der Waals surface area contributed by atoms with Crippen molar-refractivity contribution in [2.24, 2.45) is 22.7 Å². The van der Waals surface area contributed by atoms with Gasteiger partial charge in [-0.25, -0.2) is 14.5 Å². The van der Waals surface area contributed by atoms with Crippen molar-refractivity contribution in [3.8, 4) is 0 Å². The first-order valence-electron chi connectivity index (χ1n) is 30.4. The van der Waals surface area contributed by atoms with Crippen molar-refractivity contribution >= 4 is 128 Å². The van der Waals surface area contributed by atoms with E-state index in [1.165, 1.54) is 20.6 Å². The number of allylic oxidation sites excluding steroid dienone is 2. The third-order valence-corrected chi connectivity index (χ3v) is 19.7. The quantitative estimate of drug-likeness (QED) is 0.0419. The van der Waals surface area contributed by atoms with Crippen LogP contribution in [0.4, 0.5) is 22.8 Å². The fourth-order valence-electron chi connectivity index (χ4n) is 10.1. The van der Waals surface area contributed by atoms with Gasteiger partial charge in [0.05, 0.1) is 50.4 Å². The molecule has 6 aromatic rings. The summed E-state index contributed by atoms with van der Waals surface area (Å²) >= 11 is 4.84. The van der Waals surface area contributed by atoms with Crippen molar-refractivity contribution in [2.75, 3.05) is 33.9 Å². The van der Waals surface area contributed by atoms with Gasteiger partial charge in [-0.1, -0.05) is 51.1 Å². The summed E-state index contributed by atoms with van der Waals surface area (Å²) in [5.41, 5.74) is 0.205. The Balaban J connectivity index is 0.000000177. The largest absolute Gasteiger partial charge is 0.534 e. The second-order valence-corrected chi connectivity index (χ2v) is 30.8. The van der Waals surface area contributed by atoms with Gasteiger partial charge in [0.2, 0.25) is 5.88 Å². The zero-order chi connectivity index (χ0) is 68.8. The molecule has 4 aliphatic rings. The summed E-state index contributed by atoms with van der Waals surface area (Å²) in [7, 11) is -3.43. The molecule has 0 spiro atoms. The molecule has 26 heteroatoms. The van der Waals surface area contributed by atoms with Crippen LogP contribution in [0.25, 0.3) is 36.0 Å². The molecule has 3 atom stereocenters. The predicted octanol–water partition coefficient (Wildman–Crippen LogP) is 14.9. The number of halogens is 3. The van der Waals surface area contributed by atoms with Crippen LogP contribution in [0.2, 0.25) is 0 Å². The molecule has 3 unspecified atom stereocenters. The molecule has 3 aromatic carbocycles. The smallest absolute Gasteiger partial charge is 0.481 e. The molecule has 1 saturated heterocycles. The number of carbonyl (C=O) groups excluding carboxylic acids is 4. The number of methoxy groups -OCH3 is 2. The number of aliphatic carboxylic acids is 1. The van der Waals surface area contributed by atoms with Crippen LogP contribution in [0.15, 0.2) is 93.8 Å². The van der Waals surface area contributed by atoms with Crippen LogP contribution in [-0.2, 0) is 76.2 Å². The molecule has 10 rings (SSSR count). The highest BCUT2D eigenvalue weighted by Gasteiger charge is 2.52. The van der Waals surface area contributed by atoms with Gasteiger partial charge < -0.3 is 37.5 Å². The number of amides is 2. The fourth-order valence-corrected chi connectivity index (χ4v) is 13.4. The lowest BCUT2D eigenvalue weighted by Gasteiger charge is -2.34. The van der Waals surface area contributed by atoms with Gasteiger partial charge in [0.25, 0.3) is 0 Å². The summed E-state index contributed by atoms with van der Waals surface area (Å²) in [6.45, 7) is 26.1. The van der Waals surface area contributed by atoms with Crippen molar-refractivity contribution < 1.29 is 83.1 Å². The van der Waals surface area contributed by atoms with Gasteiger partial charge in [-0.3, -0.25) is 24.3 Å². The van der Waals surface area contributed by atoms with E-state index in [9.17, 15) is 45.6 Å². The molecule has 93 heavy (non-hydrogen) atoms. The van der Waals surface area contributed by atoms with Gasteiger partial charge in [0.1, 0.15) is 11.2 Å². The standard InChI is InChI=1S/C22H27NO4S.C17H21BO4S.C16H17NO2S.C12H18F3NO5S/c1-14-6-8-18(23(12-14)21(25)27-22(2,3)4)15-7-9-19-17(10-15)16(13-28-19)11-20(24)26-5;1-16(2)17(3,4)22-18(21-16)12-6-7-14-13(9-12)11(10-23-14)8-15(19)20-5;1-10-2-4-14(17-8-10)11-3-5-15-13(6-11)12(9-20-15)7-16(18)19;1-8-5-6-9(21-22(18,19)12(13,14)15)16(7-8)10(17)20-11(2,3)4/h7-10,13-14H,6,11-12H2,1-5H3;6-7,9-10H,8H2,1-5H3;3,5-6,9-10H,2,4,7-8H2,1H3,(H,18,19);6,8H,5,7H2,1-4H3. The number of carboxylic acid groups (broad SMARTS) is 1. The van der Waals surface area contributed by atoms with E-state index in [0.29, 0.717) is 18.4 Å². The topological polar surface area (TPSA) is 223 Å². The molecule has 1 fully saturated rings. The van der Waals surface area contributed by atoms with Gasteiger partial charge in [-0.05, 0) is 215 Å². The normalized spacial score (nSPS) is 18.9. The van der Waals surface area contributed by atoms with Crippen LogP contribution in [0.3, 0.4) is 0 Å². The van der Waals surface area contributed by atoms with E-state index in [0.717, 1.165) is 105 Å². The first-order chi connectivity index (χ1) is 43.3. The number of hydrogen-bond donors (Lipinski definition) is 1. The van der Waals surface area contributed by atoms with Crippen molar-refractivity contribution in [2.45, 2.75) is 163 Å². The first-order valence-corrected chi connectivity index (χ1v) is 34.5. The van der Waals surface area contributed by atoms with Crippen LogP contribution in [0.5, 0.6) is 0 Å². The maximum Gasteiger partial charge on any atom is 0.534 e. The van der Waals surface area contributed by atoms with Gasteiger partial charge >= 0.3 is 52.8 Å². The number of hydrogen-bond acceptors (Lipinski definition) is 18. The van der Waals surface area contributed by atoms with Crippen LogP contribution in [-0.4, -0.2) is 128 Å². The highest BCUT2D eigenvalue weighted by molar-refractivity contribution is 7.87. The van der Waals surface area contributed by atoms with E-state index in [1.807, 2.05) is 82.8 Å². The van der Waals surface area contributed by atoms with Crippen molar-refractivity contribution in [1.29, 1.82) is 0 Å². The van der Waals surface area contributed by atoms with E-state index >= 15 is 0 Å². The van der Waals surface area contributed by atoms with Crippen LogP contribution in [0.1, 0.15) is 144 Å². The van der Waals surface area contributed by atoms with E-state index in [-0.39, 0.29) is 67.4 Å². The summed E-state index contributed by atoms with van der Waals surface area (Å²) < 4.78 is 99.3. The van der Waals surface area contributed by atoms with Crippen LogP contribution < -0.4 is 5.46 Å². The SMILES string of the molecule is CC1CC=C(OS(=O)(=O)C(F)(F)F)N(C(=O)OC(C)(C)C)C1.CC1CCC(c2ccc3scc(CC(=O)O)c3c2)=NC1.COC(=O)Cc1csc2ccc(B3OC(C)(C)C(C)(C)O3)cc12.COC(=O)Cc1csc2ccc(C3=CCC(C)CN3C(=O)OC(C)(C)C)cc12. The molecule has 0 radical (unpaired) electrons. The average Bonchev–Trinajstić information content (AvgIpc) is 1.67. The Bertz CT molecular complexity index is 3910. The lowest BCUT2D eigenvalue weighted by molar-refractivity contribution is -0.140. The second kappa shape index (κ2) is 29.8. The Morgan fingerprint density at radius 1 is 0.656 bits per heavy atom. The van der Waals surface area contributed by atoms with Crippen LogP contribution in [0, 0.1) is 17.8 Å². The molecule has 18 nitrogen and oxygen atoms in total. The fraction of sp³-hybridized carbons (Fsp3) is 0.493. The Morgan fingerprint density at radius 2 is 1.11 bits per heavy atom. The lowest BCUT2D eigenvalue weighted by atomic mass is 9.78. The van der Waals surface area contributed by atoms with Crippen LogP contribution >= 0.6 is 34.0 Å². The minimum Gasteiger partial charge on any atom is -0.481 e. The van der Waals surface area contributed by atoms with E-state index in [1.54, 1.807) is 66.6 Å². The highest BCUT2D eigenvalue weighted by Crippen LogP contribution is 2.39. The maximum atomic E-state index is 12.8. The molecule has 3 aromatic heterocycles. The summed E-state index contributed by atoms with van der Waals surface area (Å²) in [4.78, 5) is 66.2. The summed E-state index contributed by atoms with van der Waals surface area (Å²) in [5, 5.41) is 18.1. The van der Waals surface area contributed by atoms with E-state index < -0.39 is 51.9 Å². The molecule has 4 aliphatic heterocycles. The third-order valence-electron chi connectivity index (χ3n) is 15.7. The van der Waals surface area contributed by atoms with Crippen molar-refractivity contribution in [3.63, 3.8) is 0 Å². The number of aliphatic imine (C=N–C) groups is 1. The Kier molecular flexibility index (Phi) is 23.6. The van der Waals surface area contributed by atoms with Gasteiger partial charge in [-0.15, -0.1) is 34.0 Å². The maximum absolute atomic E-state index is 12.8. The first kappa shape index (κ1) is 73.6. The molecule has 0 aliphatic carbocycles. The van der Waals surface area contributed by atoms with Crippen molar-refractivity contribution in [3.05, 3.63) is 117 Å². The van der Waals surface area contributed by atoms with Gasteiger partial charge in [-0.2, -0.15) is 21.6 Å². The number of rotatable bonds is 11. The number of alkyl halides is 3. The molecule has 0 saturated carbocycles. The number of benzene rings is 3. The monoisotopic (exact) mass is 1370 g/mol. The number of esters is 2. The molecule has 504 valence electrons. The number of thiophene rings is 3. The van der Waals surface area contributed by atoms with E-state index in [2.05, 4.69) is 65.5 Å². The lowest BCUT2D eigenvalue weighted by Crippen LogP contribution is -2.42. The zero-order valence-electron chi connectivity index (χ0n) is 55.2. The Morgan fingerprint density at radius 3 is 1.58 bits per heavy atom. The second-order valence-electron chi connectivity index (χ2n) is 26.5. The molecule has 0 bridgehead atoms. The number of fused-ring (bicyclic) bond motifs is 3. The summed E-state index contributed by atoms with van der Waals surface area (Å²) in [6.07, 6.45) is 5.93. The highest BCUT2D eigenvalue weighted by atomic mass is 32.2. The molecule has 2 amide bonds. The minimum absolute atomic E-state index is 0.00583. The molecular weight excluding hydrogens is 1280 g/mol. The molecule has 1 N–H and O–H groups in total. The Hall–Kier alpha value is -6.84. The van der Waals surface area contributed by atoms with E-state index in [4.69, 9.17) is 33.4 Å². The number of carbonyl (C=O) groups is 5. The number of carboxylic acids is 1. The average molecular weight is 1370 g/mol. The van der Waals surface area contributed by atoms with Crippen molar-refractivity contribution in [1.82, 2.24) is 9.80 Å². The predicted molar refractivity (Wildman–Crippen MR) is 359 cm³/mol. The molecular formula is C67H83BF3N3O15S4. The number of nitrogens with zero attached hydrogens (tertiary/aromatic N) is 3. The Labute approximate surface area is 554 Å². The van der Waals surface area contributed by atoms with Gasteiger partial charge in [0, 0.05) is 39.4 Å². The minimum atomic E-state index is -5.84.